The molecule has 0 spiro atoms. The molecule has 0 aliphatic heterocycles. The van der Waals surface area contributed by atoms with Crippen molar-refractivity contribution in [3.8, 4) is 11.5 Å². The van der Waals surface area contributed by atoms with Gasteiger partial charge in [0.25, 0.3) is 0 Å². The van der Waals surface area contributed by atoms with E-state index in [-0.39, 0.29) is 5.41 Å². The van der Waals surface area contributed by atoms with Crippen molar-refractivity contribution in [1.82, 2.24) is 0 Å². The van der Waals surface area contributed by atoms with Crippen molar-refractivity contribution in [2.24, 2.45) is 5.41 Å². The monoisotopic (exact) mass is 342 g/mol. The molecule has 0 saturated heterocycles. The Morgan fingerprint density at radius 1 is 1.20 bits per heavy atom. The second kappa shape index (κ2) is 6.35. The van der Waals surface area contributed by atoms with Crippen molar-refractivity contribution in [2.45, 2.75) is 45.1 Å². The lowest BCUT2D eigenvalue weighted by molar-refractivity contribution is 0.0230. The number of aliphatic hydroxyl groups excluding tert-OH is 1. The van der Waals surface area contributed by atoms with Gasteiger partial charge in [0, 0.05) is 9.89 Å². The van der Waals surface area contributed by atoms with Crippen LogP contribution >= 0.6 is 15.9 Å². The minimum absolute atomic E-state index is 0.00210. The van der Waals surface area contributed by atoms with Gasteiger partial charge in [-0.05, 0) is 37.0 Å². The second-order valence-electron chi connectivity index (χ2n) is 5.55. The zero-order chi connectivity index (χ0) is 14.8. The molecule has 0 aromatic heterocycles. The summed E-state index contributed by atoms with van der Waals surface area (Å²) in [6.45, 7) is 2.17. The van der Waals surface area contributed by atoms with Crippen molar-refractivity contribution >= 4 is 15.9 Å². The van der Waals surface area contributed by atoms with Crippen molar-refractivity contribution in [1.29, 1.82) is 0 Å². The summed E-state index contributed by atoms with van der Waals surface area (Å²) in [5.41, 5.74) is 0.897. The highest BCUT2D eigenvalue weighted by molar-refractivity contribution is 9.10. The maximum Gasteiger partial charge on any atom is 0.161 e. The number of rotatable bonds is 5. The molecule has 0 bridgehead atoms. The summed E-state index contributed by atoms with van der Waals surface area (Å²) < 4.78 is 11.5. The summed E-state index contributed by atoms with van der Waals surface area (Å²) >= 11 is 3.56. The van der Waals surface area contributed by atoms with Crippen LogP contribution in [-0.4, -0.2) is 19.3 Å². The number of ether oxygens (including phenoxy) is 2. The van der Waals surface area contributed by atoms with E-state index in [0.717, 1.165) is 29.3 Å². The van der Waals surface area contributed by atoms with Gasteiger partial charge in [0.15, 0.2) is 11.5 Å². The number of methoxy groups -OCH3 is 2. The predicted molar refractivity (Wildman–Crippen MR) is 83.4 cm³/mol. The van der Waals surface area contributed by atoms with Crippen molar-refractivity contribution in [3.63, 3.8) is 0 Å². The van der Waals surface area contributed by atoms with E-state index in [4.69, 9.17) is 9.47 Å². The van der Waals surface area contributed by atoms with E-state index in [1.54, 1.807) is 14.2 Å². The standard InChI is InChI=1S/C16H23BrO3/c1-4-16(7-5-6-8-16)15(18)11-9-13(19-2)14(20-3)10-12(11)17/h9-10,15,18H,4-8H2,1-3H3. The molecule has 4 heteroatoms. The molecule has 0 amide bonds. The summed E-state index contributed by atoms with van der Waals surface area (Å²) in [7, 11) is 3.23. The Kier molecular flexibility index (Phi) is 4.97. The Morgan fingerprint density at radius 3 is 2.25 bits per heavy atom. The van der Waals surface area contributed by atoms with Crippen LogP contribution in [0.15, 0.2) is 16.6 Å². The molecule has 1 aromatic rings. The number of hydrogen-bond donors (Lipinski definition) is 1. The number of aliphatic hydroxyl groups is 1. The van der Waals surface area contributed by atoms with Gasteiger partial charge < -0.3 is 14.6 Å². The molecule has 1 unspecified atom stereocenters. The van der Waals surface area contributed by atoms with E-state index >= 15 is 0 Å². The first-order valence-electron chi connectivity index (χ1n) is 7.17. The van der Waals surface area contributed by atoms with Crippen LogP contribution in [0, 0.1) is 5.41 Å². The minimum atomic E-state index is -0.468. The molecule has 112 valence electrons. The highest BCUT2D eigenvalue weighted by Gasteiger charge is 2.40. The van der Waals surface area contributed by atoms with Crippen molar-refractivity contribution in [3.05, 3.63) is 22.2 Å². The molecule has 0 radical (unpaired) electrons. The van der Waals surface area contributed by atoms with E-state index in [2.05, 4.69) is 22.9 Å². The fourth-order valence-corrected chi connectivity index (χ4v) is 3.85. The second-order valence-corrected chi connectivity index (χ2v) is 6.41. The van der Waals surface area contributed by atoms with E-state index < -0.39 is 6.10 Å². The number of benzene rings is 1. The summed E-state index contributed by atoms with van der Waals surface area (Å²) in [5, 5.41) is 10.9. The van der Waals surface area contributed by atoms with Crippen LogP contribution in [0.4, 0.5) is 0 Å². The Bertz CT molecular complexity index is 467. The summed E-state index contributed by atoms with van der Waals surface area (Å²) in [5.74, 6) is 1.33. The van der Waals surface area contributed by atoms with Gasteiger partial charge in [-0.15, -0.1) is 0 Å². The number of halogens is 1. The molecule has 0 heterocycles. The normalized spacial score (nSPS) is 18.9. The number of hydrogen-bond acceptors (Lipinski definition) is 3. The van der Waals surface area contributed by atoms with Gasteiger partial charge in [-0.25, -0.2) is 0 Å². The highest BCUT2D eigenvalue weighted by atomic mass is 79.9. The van der Waals surface area contributed by atoms with Gasteiger partial charge in [0.2, 0.25) is 0 Å². The maximum absolute atomic E-state index is 10.9. The fourth-order valence-electron chi connectivity index (χ4n) is 3.31. The maximum atomic E-state index is 10.9. The SMILES string of the molecule is CCC1(C(O)c2cc(OC)c(OC)cc2Br)CCCC1. The molecular formula is C16H23BrO3. The Balaban J connectivity index is 2.41. The smallest absolute Gasteiger partial charge is 0.161 e. The lowest BCUT2D eigenvalue weighted by atomic mass is 9.75. The molecule has 3 nitrogen and oxygen atoms in total. The molecule has 1 aromatic carbocycles. The predicted octanol–water partition coefficient (Wildman–Crippen LogP) is 4.47. The molecule has 1 aliphatic carbocycles. The average Bonchev–Trinajstić information content (AvgIpc) is 2.96. The minimum Gasteiger partial charge on any atom is -0.493 e. The van der Waals surface area contributed by atoms with Crippen LogP contribution in [0.2, 0.25) is 0 Å². The Labute approximate surface area is 129 Å². The first-order valence-corrected chi connectivity index (χ1v) is 7.96. The van der Waals surface area contributed by atoms with Gasteiger partial charge in [-0.3, -0.25) is 0 Å². The molecule has 1 fully saturated rings. The van der Waals surface area contributed by atoms with Crippen molar-refractivity contribution < 1.29 is 14.6 Å². The van der Waals surface area contributed by atoms with Crippen molar-refractivity contribution in [2.75, 3.05) is 14.2 Å². The van der Waals surface area contributed by atoms with E-state index in [0.29, 0.717) is 11.5 Å². The molecule has 1 atom stereocenters. The van der Waals surface area contributed by atoms with Crippen LogP contribution in [-0.2, 0) is 0 Å². The lowest BCUT2D eigenvalue weighted by Gasteiger charge is -2.34. The highest BCUT2D eigenvalue weighted by Crippen LogP contribution is 2.52. The van der Waals surface area contributed by atoms with Crippen LogP contribution in [0.3, 0.4) is 0 Å². The molecule has 1 N–H and O–H groups in total. The van der Waals surface area contributed by atoms with Gasteiger partial charge >= 0.3 is 0 Å². The summed E-state index contributed by atoms with van der Waals surface area (Å²) in [4.78, 5) is 0. The largest absolute Gasteiger partial charge is 0.493 e. The third-order valence-corrected chi connectivity index (χ3v) is 5.37. The van der Waals surface area contributed by atoms with E-state index in [1.807, 2.05) is 12.1 Å². The third-order valence-electron chi connectivity index (χ3n) is 4.68. The van der Waals surface area contributed by atoms with Crippen LogP contribution in [0.1, 0.15) is 50.7 Å². The zero-order valence-corrected chi connectivity index (χ0v) is 14.0. The van der Waals surface area contributed by atoms with Gasteiger partial charge in [0.1, 0.15) is 0 Å². The van der Waals surface area contributed by atoms with E-state index in [1.165, 1.54) is 12.8 Å². The topological polar surface area (TPSA) is 38.7 Å². The summed E-state index contributed by atoms with van der Waals surface area (Å²) in [6.07, 6.45) is 5.11. The van der Waals surface area contributed by atoms with Crippen LogP contribution in [0.25, 0.3) is 0 Å². The molecular weight excluding hydrogens is 320 g/mol. The Hall–Kier alpha value is -0.740. The molecule has 20 heavy (non-hydrogen) atoms. The van der Waals surface area contributed by atoms with Gasteiger partial charge in [-0.2, -0.15) is 0 Å². The lowest BCUT2D eigenvalue weighted by Crippen LogP contribution is -2.25. The average molecular weight is 343 g/mol. The quantitative estimate of drug-likeness (QED) is 0.857. The first kappa shape index (κ1) is 15.6. The zero-order valence-electron chi connectivity index (χ0n) is 12.4. The summed E-state index contributed by atoms with van der Waals surface area (Å²) in [6, 6.07) is 3.76. The van der Waals surface area contributed by atoms with E-state index in [9.17, 15) is 5.11 Å². The molecule has 1 aliphatic rings. The molecule has 1 saturated carbocycles. The third kappa shape index (κ3) is 2.68. The Morgan fingerprint density at radius 2 is 1.75 bits per heavy atom. The fraction of sp³-hybridized carbons (Fsp3) is 0.625. The van der Waals surface area contributed by atoms with Gasteiger partial charge in [0.05, 0.1) is 20.3 Å². The van der Waals surface area contributed by atoms with Crippen LogP contribution < -0.4 is 9.47 Å². The van der Waals surface area contributed by atoms with Crippen LogP contribution in [0.5, 0.6) is 11.5 Å². The van der Waals surface area contributed by atoms with Gasteiger partial charge in [-0.1, -0.05) is 35.7 Å². The first-order chi connectivity index (χ1) is 9.57. The molecule has 2 rings (SSSR count).